The second-order valence-electron chi connectivity index (χ2n) is 4.57. The number of aliphatic carboxylic acids is 1. The predicted octanol–water partition coefficient (Wildman–Crippen LogP) is 1.91. The molecule has 0 aromatic rings. The van der Waals surface area contributed by atoms with Gasteiger partial charge in [-0.25, -0.2) is 0 Å². The molecule has 0 bridgehead atoms. The Morgan fingerprint density at radius 3 is 2.43 bits per heavy atom. The summed E-state index contributed by atoms with van der Waals surface area (Å²) in [5.74, 6) is 0.539. The third kappa shape index (κ3) is 2.08. The molecule has 1 saturated carbocycles. The molecule has 0 amide bonds. The summed E-state index contributed by atoms with van der Waals surface area (Å²) in [6.07, 6.45) is 5.38. The molecular weight excluding hydrogens is 180 g/mol. The van der Waals surface area contributed by atoms with Crippen LogP contribution in [0.2, 0.25) is 0 Å². The molecule has 1 aliphatic heterocycles. The molecule has 0 spiro atoms. The summed E-state index contributed by atoms with van der Waals surface area (Å²) in [4.78, 5) is 10.8. The maximum Gasteiger partial charge on any atom is 0.306 e. The second kappa shape index (κ2) is 4.30. The summed E-state index contributed by atoms with van der Waals surface area (Å²) < 4.78 is 5.29. The molecule has 3 heteroatoms. The molecule has 0 radical (unpaired) electrons. The van der Waals surface area contributed by atoms with E-state index in [9.17, 15) is 4.79 Å². The van der Waals surface area contributed by atoms with E-state index in [4.69, 9.17) is 9.84 Å². The number of rotatable bonds is 3. The summed E-state index contributed by atoms with van der Waals surface area (Å²) in [6, 6.07) is 0. The minimum atomic E-state index is -0.590. The van der Waals surface area contributed by atoms with Gasteiger partial charge in [-0.15, -0.1) is 0 Å². The minimum Gasteiger partial charge on any atom is -0.481 e. The van der Waals surface area contributed by atoms with Crippen LogP contribution in [0.3, 0.4) is 0 Å². The largest absolute Gasteiger partial charge is 0.481 e. The van der Waals surface area contributed by atoms with Gasteiger partial charge in [0.25, 0.3) is 0 Å². The van der Waals surface area contributed by atoms with E-state index in [1.807, 2.05) is 0 Å². The molecule has 2 fully saturated rings. The summed E-state index contributed by atoms with van der Waals surface area (Å²) in [6.45, 7) is 1.74. The molecule has 1 heterocycles. The van der Waals surface area contributed by atoms with Gasteiger partial charge in [0, 0.05) is 13.2 Å². The van der Waals surface area contributed by atoms with E-state index >= 15 is 0 Å². The van der Waals surface area contributed by atoms with Crippen molar-refractivity contribution < 1.29 is 14.6 Å². The average Bonchev–Trinajstić information content (AvgIpc) is 2.13. The lowest BCUT2D eigenvalue weighted by Crippen LogP contribution is -2.35. The smallest absolute Gasteiger partial charge is 0.306 e. The Morgan fingerprint density at radius 1 is 1.21 bits per heavy atom. The van der Waals surface area contributed by atoms with Crippen molar-refractivity contribution in [2.75, 3.05) is 13.2 Å². The zero-order valence-electron chi connectivity index (χ0n) is 8.45. The summed E-state index contributed by atoms with van der Waals surface area (Å²) in [5, 5.41) is 8.91. The molecule has 2 atom stereocenters. The van der Waals surface area contributed by atoms with Crippen molar-refractivity contribution in [1.82, 2.24) is 0 Å². The molecule has 1 N–H and O–H groups in total. The monoisotopic (exact) mass is 198 g/mol. The van der Waals surface area contributed by atoms with Gasteiger partial charge in [-0.05, 0) is 43.9 Å². The fourth-order valence-electron chi connectivity index (χ4n) is 2.59. The zero-order valence-corrected chi connectivity index (χ0v) is 8.45. The van der Waals surface area contributed by atoms with Gasteiger partial charge in [0.15, 0.2) is 0 Å². The van der Waals surface area contributed by atoms with Crippen molar-refractivity contribution in [2.24, 2.45) is 17.8 Å². The Labute approximate surface area is 84.4 Å². The highest BCUT2D eigenvalue weighted by Gasteiger charge is 2.37. The lowest BCUT2D eigenvalue weighted by molar-refractivity contribution is -0.148. The van der Waals surface area contributed by atoms with E-state index < -0.39 is 5.97 Å². The van der Waals surface area contributed by atoms with Gasteiger partial charge in [-0.1, -0.05) is 0 Å². The van der Waals surface area contributed by atoms with Crippen molar-refractivity contribution in [3.63, 3.8) is 0 Å². The molecule has 80 valence electrons. The lowest BCUT2D eigenvalue weighted by atomic mass is 9.69. The standard InChI is InChI=1S/C11H18O3/c12-11(13)10-2-1-9(10)7-8-3-5-14-6-4-8/h8-10H,1-7H2,(H,12,13). The molecule has 0 aromatic carbocycles. The van der Waals surface area contributed by atoms with Crippen LogP contribution in [-0.4, -0.2) is 24.3 Å². The van der Waals surface area contributed by atoms with Crippen molar-refractivity contribution in [1.29, 1.82) is 0 Å². The van der Waals surface area contributed by atoms with Crippen LogP contribution >= 0.6 is 0 Å². The van der Waals surface area contributed by atoms with Crippen molar-refractivity contribution in [3.05, 3.63) is 0 Å². The summed E-state index contributed by atoms with van der Waals surface area (Å²) in [5.41, 5.74) is 0. The molecular formula is C11H18O3. The molecule has 14 heavy (non-hydrogen) atoms. The van der Waals surface area contributed by atoms with E-state index in [2.05, 4.69) is 0 Å². The number of carbonyl (C=O) groups is 1. The quantitative estimate of drug-likeness (QED) is 0.753. The lowest BCUT2D eigenvalue weighted by Gasteiger charge is -2.36. The molecule has 0 aromatic heterocycles. The third-order valence-electron chi connectivity index (χ3n) is 3.71. The number of hydrogen-bond donors (Lipinski definition) is 1. The van der Waals surface area contributed by atoms with Gasteiger partial charge in [-0.2, -0.15) is 0 Å². The van der Waals surface area contributed by atoms with Crippen LogP contribution in [0.25, 0.3) is 0 Å². The molecule has 2 rings (SSSR count). The number of hydrogen-bond acceptors (Lipinski definition) is 2. The van der Waals surface area contributed by atoms with E-state index in [1.165, 1.54) is 0 Å². The number of carboxylic acids is 1. The molecule has 3 nitrogen and oxygen atoms in total. The van der Waals surface area contributed by atoms with E-state index in [0.717, 1.165) is 51.2 Å². The maximum absolute atomic E-state index is 10.8. The molecule has 1 saturated heterocycles. The number of ether oxygens (including phenoxy) is 1. The van der Waals surface area contributed by atoms with Crippen molar-refractivity contribution in [3.8, 4) is 0 Å². The Balaban J connectivity index is 1.76. The SMILES string of the molecule is O=C(O)C1CCC1CC1CCOCC1. The fourth-order valence-corrected chi connectivity index (χ4v) is 2.59. The second-order valence-corrected chi connectivity index (χ2v) is 4.57. The first-order chi connectivity index (χ1) is 6.77. The van der Waals surface area contributed by atoms with Crippen LogP contribution in [0.5, 0.6) is 0 Å². The summed E-state index contributed by atoms with van der Waals surface area (Å²) >= 11 is 0. The van der Waals surface area contributed by atoms with Gasteiger partial charge in [0.1, 0.15) is 0 Å². The zero-order chi connectivity index (χ0) is 9.97. The van der Waals surface area contributed by atoms with Crippen LogP contribution < -0.4 is 0 Å². The van der Waals surface area contributed by atoms with E-state index in [-0.39, 0.29) is 5.92 Å². The van der Waals surface area contributed by atoms with Crippen LogP contribution in [0.15, 0.2) is 0 Å². The molecule has 2 unspecified atom stereocenters. The van der Waals surface area contributed by atoms with Gasteiger partial charge in [0.05, 0.1) is 5.92 Å². The highest BCUT2D eigenvalue weighted by molar-refractivity contribution is 5.71. The van der Waals surface area contributed by atoms with Crippen molar-refractivity contribution >= 4 is 5.97 Å². The normalized spacial score (nSPS) is 33.7. The Morgan fingerprint density at radius 2 is 1.93 bits per heavy atom. The van der Waals surface area contributed by atoms with E-state index in [0.29, 0.717) is 5.92 Å². The first-order valence-electron chi connectivity index (χ1n) is 5.58. The van der Waals surface area contributed by atoms with Crippen LogP contribution in [0.1, 0.15) is 32.1 Å². The summed E-state index contributed by atoms with van der Waals surface area (Å²) in [7, 11) is 0. The van der Waals surface area contributed by atoms with Gasteiger partial charge in [0.2, 0.25) is 0 Å². The van der Waals surface area contributed by atoms with Crippen molar-refractivity contribution in [2.45, 2.75) is 32.1 Å². The topological polar surface area (TPSA) is 46.5 Å². The Hall–Kier alpha value is -0.570. The average molecular weight is 198 g/mol. The molecule has 1 aliphatic carbocycles. The number of carboxylic acid groups (broad SMARTS) is 1. The van der Waals surface area contributed by atoms with Gasteiger partial charge >= 0.3 is 5.97 Å². The molecule has 2 aliphatic rings. The van der Waals surface area contributed by atoms with Crippen LogP contribution in [0.4, 0.5) is 0 Å². The Kier molecular flexibility index (Phi) is 3.06. The maximum atomic E-state index is 10.8. The fraction of sp³-hybridized carbons (Fsp3) is 0.909. The van der Waals surface area contributed by atoms with E-state index in [1.54, 1.807) is 0 Å². The first-order valence-corrected chi connectivity index (χ1v) is 5.58. The van der Waals surface area contributed by atoms with Crippen LogP contribution in [-0.2, 0) is 9.53 Å². The van der Waals surface area contributed by atoms with Gasteiger partial charge < -0.3 is 9.84 Å². The Bertz CT molecular complexity index is 209. The highest BCUT2D eigenvalue weighted by atomic mass is 16.5. The third-order valence-corrected chi connectivity index (χ3v) is 3.71. The van der Waals surface area contributed by atoms with Crippen LogP contribution in [0, 0.1) is 17.8 Å². The van der Waals surface area contributed by atoms with Gasteiger partial charge in [-0.3, -0.25) is 4.79 Å². The minimum absolute atomic E-state index is 0.0437. The predicted molar refractivity (Wildman–Crippen MR) is 52.0 cm³/mol. The first kappa shape index (κ1) is 9.97. The highest BCUT2D eigenvalue weighted by Crippen LogP contribution is 2.40.